The van der Waals surface area contributed by atoms with Gasteiger partial charge in [-0.1, -0.05) is 30.3 Å². The van der Waals surface area contributed by atoms with Crippen LogP contribution in [0.4, 0.5) is 15.4 Å². The third-order valence-corrected chi connectivity index (χ3v) is 4.64. The van der Waals surface area contributed by atoms with Crippen LogP contribution in [0.15, 0.2) is 36.4 Å². The minimum absolute atomic E-state index is 0.0443. The van der Waals surface area contributed by atoms with E-state index in [0.717, 1.165) is 5.56 Å². The summed E-state index contributed by atoms with van der Waals surface area (Å²) in [4.78, 5) is 48.6. The first-order valence-electron chi connectivity index (χ1n) is 11.5. The average Bonchev–Trinajstić information content (AvgIpc) is 3.29. The molecule has 196 valence electrons. The molecule has 2 aromatic rings. The van der Waals surface area contributed by atoms with E-state index in [1.165, 1.54) is 13.2 Å². The van der Waals surface area contributed by atoms with Gasteiger partial charge in [-0.2, -0.15) is 5.10 Å². The molecule has 0 aliphatic heterocycles. The number of alkyl carbamates (subject to hydrolysis) is 2. The third-order valence-electron chi connectivity index (χ3n) is 4.64. The van der Waals surface area contributed by atoms with E-state index < -0.39 is 35.7 Å². The number of carbonyl (C=O) groups is 4. The summed E-state index contributed by atoms with van der Waals surface area (Å²) in [6.07, 6.45) is 0.0123. The monoisotopic (exact) mass is 503 g/mol. The van der Waals surface area contributed by atoms with Crippen molar-refractivity contribution in [3.8, 4) is 0 Å². The molecule has 1 atom stereocenters. The molecule has 0 bridgehead atoms. The molecule has 0 radical (unpaired) electrons. The van der Waals surface area contributed by atoms with Crippen molar-refractivity contribution < 1.29 is 33.4 Å². The van der Waals surface area contributed by atoms with Crippen molar-refractivity contribution in [2.45, 2.75) is 58.3 Å². The third kappa shape index (κ3) is 10.5. The van der Waals surface area contributed by atoms with Crippen LogP contribution in [-0.2, 0) is 25.6 Å². The number of rotatable bonds is 11. The van der Waals surface area contributed by atoms with Crippen molar-refractivity contribution in [1.29, 1.82) is 0 Å². The summed E-state index contributed by atoms with van der Waals surface area (Å²) in [6, 6.07) is 9.49. The molecule has 0 aliphatic carbocycles. The lowest BCUT2D eigenvalue weighted by atomic mass is 10.1. The number of esters is 1. The summed E-state index contributed by atoms with van der Waals surface area (Å²) >= 11 is 0. The van der Waals surface area contributed by atoms with Crippen LogP contribution < -0.4 is 16.0 Å². The zero-order chi connectivity index (χ0) is 26.6. The van der Waals surface area contributed by atoms with Gasteiger partial charge in [-0.15, -0.1) is 0 Å². The number of carbonyl (C=O) groups excluding carboxylic acids is 4. The highest BCUT2D eigenvalue weighted by atomic mass is 16.6. The van der Waals surface area contributed by atoms with E-state index in [2.05, 4.69) is 30.9 Å². The Labute approximate surface area is 209 Å². The van der Waals surface area contributed by atoms with Crippen molar-refractivity contribution in [3.63, 3.8) is 0 Å². The lowest BCUT2D eigenvalue weighted by Gasteiger charge is -2.20. The highest BCUT2D eigenvalue weighted by Gasteiger charge is 2.23. The van der Waals surface area contributed by atoms with E-state index in [1.54, 1.807) is 20.8 Å². The fourth-order valence-electron chi connectivity index (χ4n) is 2.97. The number of methoxy groups -OCH3 is 1. The van der Waals surface area contributed by atoms with E-state index >= 15 is 0 Å². The number of aromatic nitrogens is 2. The number of anilines is 1. The summed E-state index contributed by atoms with van der Waals surface area (Å²) in [5, 5.41) is 14.1. The van der Waals surface area contributed by atoms with Gasteiger partial charge in [-0.3, -0.25) is 9.89 Å². The van der Waals surface area contributed by atoms with E-state index in [1.807, 2.05) is 30.3 Å². The van der Waals surface area contributed by atoms with Gasteiger partial charge in [0.2, 0.25) is 5.91 Å². The number of hydrogen-bond acceptors (Lipinski definition) is 8. The molecule has 1 aromatic heterocycles. The van der Waals surface area contributed by atoms with Gasteiger partial charge in [0.15, 0.2) is 5.82 Å². The lowest BCUT2D eigenvalue weighted by molar-refractivity contribution is -0.118. The summed E-state index contributed by atoms with van der Waals surface area (Å²) in [6.45, 7) is 5.69. The van der Waals surface area contributed by atoms with Gasteiger partial charge in [0.05, 0.1) is 7.11 Å². The van der Waals surface area contributed by atoms with Crippen molar-refractivity contribution in [2.75, 3.05) is 19.0 Å². The Balaban J connectivity index is 1.91. The Hall–Kier alpha value is -4.09. The molecule has 0 fully saturated rings. The summed E-state index contributed by atoms with van der Waals surface area (Å²) < 4.78 is 15.0. The van der Waals surface area contributed by atoms with Crippen molar-refractivity contribution in [2.24, 2.45) is 0 Å². The highest BCUT2D eigenvalue weighted by Crippen LogP contribution is 2.10. The first-order valence-corrected chi connectivity index (χ1v) is 11.5. The van der Waals surface area contributed by atoms with Gasteiger partial charge in [0, 0.05) is 12.6 Å². The van der Waals surface area contributed by atoms with E-state index in [9.17, 15) is 19.2 Å². The van der Waals surface area contributed by atoms with Gasteiger partial charge in [0.1, 0.15) is 23.9 Å². The molecule has 12 heteroatoms. The lowest BCUT2D eigenvalue weighted by Crippen LogP contribution is -2.44. The molecular weight excluding hydrogens is 470 g/mol. The van der Waals surface area contributed by atoms with Crippen LogP contribution in [0.3, 0.4) is 0 Å². The number of amides is 3. The van der Waals surface area contributed by atoms with E-state index in [0.29, 0.717) is 19.4 Å². The minimum Gasteiger partial charge on any atom is -0.464 e. The van der Waals surface area contributed by atoms with Gasteiger partial charge < -0.3 is 30.2 Å². The number of unbranched alkanes of at least 4 members (excludes halogenated alkanes) is 1. The highest BCUT2D eigenvalue weighted by molar-refractivity contribution is 5.97. The topological polar surface area (TPSA) is 161 Å². The molecule has 1 aromatic carbocycles. The molecular formula is C24H33N5O7. The SMILES string of the molecule is COC(=O)c1cc(NC(=O)C(CCCCNC(=O)OC(C)(C)C)NC(=O)OCc2ccccc2)n[nH]1. The first-order chi connectivity index (χ1) is 17.1. The summed E-state index contributed by atoms with van der Waals surface area (Å²) in [5.41, 5.74) is 0.263. The number of ether oxygens (including phenoxy) is 3. The fourth-order valence-corrected chi connectivity index (χ4v) is 2.97. The smallest absolute Gasteiger partial charge is 0.408 e. The molecule has 1 heterocycles. The van der Waals surface area contributed by atoms with E-state index in [4.69, 9.17) is 9.47 Å². The van der Waals surface area contributed by atoms with Gasteiger partial charge >= 0.3 is 18.2 Å². The standard InChI is InChI=1S/C24H33N5O7/c1-24(2,3)36-22(32)25-13-9-8-12-17(26-23(33)35-15-16-10-6-5-7-11-16)20(30)27-19-14-18(28-29-19)21(31)34-4/h5-7,10-11,14,17H,8-9,12-13,15H2,1-4H3,(H,25,32)(H,26,33)(H2,27,28,29,30). The number of aromatic amines is 1. The molecule has 0 spiro atoms. The largest absolute Gasteiger partial charge is 0.464 e. The van der Waals surface area contributed by atoms with Crippen LogP contribution in [0.1, 0.15) is 56.1 Å². The maximum atomic E-state index is 12.9. The molecule has 3 amide bonds. The summed E-state index contributed by atoms with van der Waals surface area (Å²) in [5.74, 6) is -1.09. The maximum Gasteiger partial charge on any atom is 0.408 e. The Morgan fingerprint density at radius 1 is 1.06 bits per heavy atom. The van der Waals surface area contributed by atoms with Crippen LogP contribution in [-0.4, -0.2) is 59.6 Å². The van der Waals surface area contributed by atoms with E-state index in [-0.39, 0.29) is 24.5 Å². The number of nitrogens with one attached hydrogen (secondary N) is 4. The molecule has 0 aliphatic rings. The second kappa shape index (κ2) is 13.7. The normalized spacial score (nSPS) is 11.7. The molecule has 0 saturated heterocycles. The maximum absolute atomic E-state index is 12.9. The van der Waals surface area contributed by atoms with Gasteiger partial charge in [-0.25, -0.2) is 14.4 Å². The van der Waals surface area contributed by atoms with Crippen molar-refractivity contribution >= 4 is 29.9 Å². The minimum atomic E-state index is -0.951. The Bertz CT molecular complexity index is 1020. The fraction of sp³-hybridized carbons (Fsp3) is 0.458. The number of hydrogen-bond donors (Lipinski definition) is 4. The predicted octanol–water partition coefficient (Wildman–Crippen LogP) is 3.12. The Morgan fingerprint density at radius 2 is 1.78 bits per heavy atom. The molecule has 1 unspecified atom stereocenters. The average molecular weight is 504 g/mol. The zero-order valence-electron chi connectivity index (χ0n) is 20.9. The molecule has 2 rings (SSSR count). The van der Waals surface area contributed by atoms with Crippen molar-refractivity contribution in [3.05, 3.63) is 47.7 Å². The number of benzene rings is 1. The quantitative estimate of drug-likeness (QED) is 0.207. The summed E-state index contributed by atoms with van der Waals surface area (Å²) in [7, 11) is 1.22. The first kappa shape index (κ1) is 28.1. The molecule has 36 heavy (non-hydrogen) atoms. The Kier molecular flexibility index (Phi) is 10.7. The van der Waals surface area contributed by atoms with Crippen LogP contribution in [0.5, 0.6) is 0 Å². The zero-order valence-corrected chi connectivity index (χ0v) is 20.9. The van der Waals surface area contributed by atoms with Crippen LogP contribution in [0.25, 0.3) is 0 Å². The predicted molar refractivity (Wildman–Crippen MR) is 130 cm³/mol. The van der Waals surface area contributed by atoms with Crippen molar-refractivity contribution in [1.82, 2.24) is 20.8 Å². The second-order valence-electron chi connectivity index (χ2n) is 8.83. The van der Waals surface area contributed by atoms with Crippen LogP contribution in [0.2, 0.25) is 0 Å². The molecule has 4 N–H and O–H groups in total. The van der Waals surface area contributed by atoms with Crippen LogP contribution in [0, 0.1) is 0 Å². The Morgan fingerprint density at radius 3 is 2.44 bits per heavy atom. The van der Waals surface area contributed by atoms with Gasteiger partial charge in [-0.05, 0) is 45.6 Å². The molecule has 0 saturated carbocycles. The number of H-pyrrole nitrogens is 1. The second-order valence-corrected chi connectivity index (χ2v) is 8.83. The molecule has 12 nitrogen and oxygen atoms in total. The van der Waals surface area contributed by atoms with Gasteiger partial charge in [0.25, 0.3) is 0 Å². The van der Waals surface area contributed by atoms with Crippen LogP contribution >= 0.6 is 0 Å². The number of nitrogens with zero attached hydrogens (tertiary/aromatic N) is 1.